The second-order valence-electron chi connectivity index (χ2n) is 2.12. The van der Waals surface area contributed by atoms with E-state index in [0.29, 0.717) is 0 Å². The maximum absolute atomic E-state index is 4.06. The van der Waals surface area contributed by atoms with Crippen LogP contribution in [0.2, 0.25) is 0 Å². The van der Waals surface area contributed by atoms with Gasteiger partial charge in [0.15, 0.2) is 0 Å². The summed E-state index contributed by atoms with van der Waals surface area (Å²) in [5.41, 5.74) is 1.19. The van der Waals surface area contributed by atoms with Crippen LogP contribution in [0.3, 0.4) is 0 Å². The Morgan fingerprint density at radius 3 is 2.64 bits per heavy atom. The van der Waals surface area contributed by atoms with E-state index in [2.05, 4.69) is 11.6 Å². The molecular formula is C10H15N. The lowest BCUT2D eigenvalue weighted by Gasteiger charge is -1.91. The van der Waals surface area contributed by atoms with E-state index in [1.807, 2.05) is 38.3 Å². The first kappa shape index (κ1) is 9.89. The molecule has 0 atom stereocenters. The SMILES string of the molecule is C=CCC(/C=N\C=C/C)=C\C. The molecule has 1 nitrogen and oxygen atoms in total. The lowest BCUT2D eigenvalue weighted by atomic mass is 10.2. The minimum Gasteiger partial charge on any atom is -0.265 e. The quantitative estimate of drug-likeness (QED) is 0.430. The molecule has 0 aliphatic heterocycles. The summed E-state index contributed by atoms with van der Waals surface area (Å²) in [7, 11) is 0. The third-order valence-electron chi connectivity index (χ3n) is 1.23. The van der Waals surface area contributed by atoms with Gasteiger partial charge < -0.3 is 0 Å². The van der Waals surface area contributed by atoms with E-state index in [1.165, 1.54) is 5.57 Å². The first-order valence-corrected chi connectivity index (χ1v) is 3.75. The summed E-state index contributed by atoms with van der Waals surface area (Å²) >= 11 is 0. The van der Waals surface area contributed by atoms with Gasteiger partial charge in [-0.05, 0) is 25.8 Å². The molecule has 0 unspecified atom stereocenters. The minimum absolute atomic E-state index is 0.886. The molecule has 0 aliphatic rings. The van der Waals surface area contributed by atoms with Crippen LogP contribution in [0.1, 0.15) is 20.3 Å². The molecule has 0 fully saturated rings. The predicted molar refractivity (Wildman–Crippen MR) is 51.9 cm³/mol. The molecule has 0 heterocycles. The molecule has 0 rings (SSSR count). The molecule has 0 bridgehead atoms. The van der Waals surface area contributed by atoms with Gasteiger partial charge in [0.1, 0.15) is 0 Å². The molecule has 0 N–H and O–H groups in total. The first-order valence-electron chi connectivity index (χ1n) is 3.75. The molecule has 0 aromatic heterocycles. The van der Waals surface area contributed by atoms with E-state index in [0.717, 1.165) is 6.42 Å². The van der Waals surface area contributed by atoms with Crippen molar-refractivity contribution in [2.45, 2.75) is 20.3 Å². The summed E-state index contributed by atoms with van der Waals surface area (Å²) in [5, 5.41) is 0. The lowest BCUT2D eigenvalue weighted by Crippen LogP contribution is -1.80. The summed E-state index contributed by atoms with van der Waals surface area (Å²) in [4.78, 5) is 4.06. The number of hydrogen-bond acceptors (Lipinski definition) is 1. The van der Waals surface area contributed by atoms with E-state index < -0.39 is 0 Å². The summed E-state index contributed by atoms with van der Waals surface area (Å²) in [6, 6.07) is 0. The Morgan fingerprint density at radius 2 is 2.18 bits per heavy atom. The average Bonchev–Trinajstić information content (AvgIpc) is 2.03. The van der Waals surface area contributed by atoms with Gasteiger partial charge in [-0.3, -0.25) is 4.99 Å². The summed E-state index contributed by atoms with van der Waals surface area (Å²) in [5.74, 6) is 0. The monoisotopic (exact) mass is 149 g/mol. The number of hydrogen-bond donors (Lipinski definition) is 0. The zero-order valence-electron chi connectivity index (χ0n) is 7.25. The van der Waals surface area contributed by atoms with Gasteiger partial charge in [0.05, 0.1) is 0 Å². The fraction of sp³-hybridized carbons (Fsp3) is 0.300. The molecule has 0 spiro atoms. The van der Waals surface area contributed by atoms with Gasteiger partial charge in [-0.2, -0.15) is 0 Å². The summed E-state index contributed by atoms with van der Waals surface area (Å²) in [6.45, 7) is 7.60. The van der Waals surface area contributed by atoms with E-state index >= 15 is 0 Å². The summed E-state index contributed by atoms with van der Waals surface area (Å²) < 4.78 is 0. The molecule has 0 radical (unpaired) electrons. The van der Waals surface area contributed by atoms with E-state index in [9.17, 15) is 0 Å². The minimum atomic E-state index is 0.886. The largest absolute Gasteiger partial charge is 0.265 e. The van der Waals surface area contributed by atoms with Crippen molar-refractivity contribution in [2.24, 2.45) is 4.99 Å². The van der Waals surface area contributed by atoms with E-state index in [1.54, 1.807) is 6.20 Å². The number of allylic oxidation sites excluding steroid dienone is 4. The van der Waals surface area contributed by atoms with Crippen molar-refractivity contribution < 1.29 is 0 Å². The van der Waals surface area contributed by atoms with Gasteiger partial charge in [-0.15, -0.1) is 6.58 Å². The topological polar surface area (TPSA) is 12.4 Å². The standard InChI is InChI=1S/C10H15N/c1-4-7-10(6-3)9-11-8-5-2/h4-6,8-9H,1,7H2,2-3H3/b8-5-,10-6+,11-9-. The lowest BCUT2D eigenvalue weighted by molar-refractivity contribution is 1.32. The van der Waals surface area contributed by atoms with Crippen molar-refractivity contribution in [3.63, 3.8) is 0 Å². The van der Waals surface area contributed by atoms with E-state index in [-0.39, 0.29) is 0 Å². The van der Waals surface area contributed by atoms with Gasteiger partial charge in [0.2, 0.25) is 0 Å². The number of rotatable bonds is 4. The van der Waals surface area contributed by atoms with Crippen molar-refractivity contribution >= 4 is 6.21 Å². The van der Waals surface area contributed by atoms with Crippen LogP contribution >= 0.6 is 0 Å². The second-order valence-corrected chi connectivity index (χ2v) is 2.12. The molecule has 0 aliphatic carbocycles. The maximum atomic E-state index is 4.06. The van der Waals surface area contributed by atoms with Crippen LogP contribution in [0.5, 0.6) is 0 Å². The zero-order valence-corrected chi connectivity index (χ0v) is 7.25. The molecule has 0 amide bonds. The molecule has 0 aromatic rings. The maximum Gasteiger partial charge on any atom is 0.0299 e. The Hall–Kier alpha value is -1.11. The van der Waals surface area contributed by atoms with Gasteiger partial charge in [0.25, 0.3) is 0 Å². The molecule has 11 heavy (non-hydrogen) atoms. The molecule has 1 heteroatoms. The van der Waals surface area contributed by atoms with Crippen LogP contribution in [0.25, 0.3) is 0 Å². The van der Waals surface area contributed by atoms with Crippen LogP contribution in [-0.2, 0) is 0 Å². The van der Waals surface area contributed by atoms with Crippen molar-refractivity contribution in [3.8, 4) is 0 Å². The van der Waals surface area contributed by atoms with Crippen molar-refractivity contribution in [1.82, 2.24) is 0 Å². The van der Waals surface area contributed by atoms with Crippen molar-refractivity contribution in [3.05, 3.63) is 36.6 Å². The highest BCUT2D eigenvalue weighted by atomic mass is 14.7. The summed E-state index contributed by atoms with van der Waals surface area (Å²) in [6.07, 6.45) is 10.3. The normalized spacial score (nSPS) is 13.1. The second kappa shape index (κ2) is 7.00. The smallest absolute Gasteiger partial charge is 0.0299 e. The Bertz CT molecular complexity index is 185. The molecular weight excluding hydrogens is 134 g/mol. The highest BCUT2D eigenvalue weighted by Gasteiger charge is 1.84. The Kier molecular flexibility index (Phi) is 6.30. The number of nitrogens with zero attached hydrogens (tertiary/aromatic N) is 1. The third-order valence-corrected chi connectivity index (χ3v) is 1.23. The van der Waals surface area contributed by atoms with Gasteiger partial charge in [-0.25, -0.2) is 0 Å². The fourth-order valence-electron chi connectivity index (χ4n) is 0.637. The number of aliphatic imine (C=N–C) groups is 1. The Balaban J connectivity index is 3.97. The fourth-order valence-corrected chi connectivity index (χ4v) is 0.637. The molecule has 60 valence electrons. The van der Waals surface area contributed by atoms with Gasteiger partial charge in [0, 0.05) is 12.4 Å². The molecule has 0 aromatic carbocycles. The van der Waals surface area contributed by atoms with Crippen LogP contribution in [0, 0.1) is 0 Å². The first-order chi connectivity index (χ1) is 5.35. The van der Waals surface area contributed by atoms with Crippen molar-refractivity contribution in [1.29, 1.82) is 0 Å². The van der Waals surface area contributed by atoms with Gasteiger partial charge >= 0.3 is 0 Å². The molecule has 0 saturated carbocycles. The van der Waals surface area contributed by atoms with Crippen molar-refractivity contribution in [2.75, 3.05) is 0 Å². The zero-order chi connectivity index (χ0) is 8.53. The molecule has 0 saturated heterocycles. The predicted octanol–water partition coefficient (Wildman–Crippen LogP) is 3.11. The van der Waals surface area contributed by atoms with E-state index in [4.69, 9.17) is 0 Å². The average molecular weight is 149 g/mol. The van der Waals surface area contributed by atoms with Gasteiger partial charge in [-0.1, -0.05) is 18.2 Å². The van der Waals surface area contributed by atoms with Crippen LogP contribution in [0.15, 0.2) is 41.6 Å². The third kappa shape index (κ3) is 5.34. The highest BCUT2D eigenvalue weighted by Crippen LogP contribution is 1.97. The Morgan fingerprint density at radius 1 is 1.45 bits per heavy atom. The Labute approximate surface area is 68.9 Å². The van der Waals surface area contributed by atoms with Crippen LogP contribution in [-0.4, -0.2) is 6.21 Å². The van der Waals surface area contributed by atoms with Crippen LogP contribution < -0.4 is 0 Å². The van der Waals surface area contributed by atoms with Crippen LogP contribution in [0.4, 0.5) is 0 Å². The highest BCUT2D eigenvalue weighted by molar-refractivity contribution is 5.79.